The third kappa shape index (κ3) is 3.41. The SMILES string of the molecule is O=C(c1ccsc1)N1N=C(c2ccc(Cl)cc2)C[C@@H]1c1ccc2nccnc2c1. The summed E-state index contributed by atoms with van der Waals surface area (Å²) in [6.07, 6.45) is 3.96. The smallest absolute Gasteiger partial charge is 0.267 e. The second-order valence-electron chi connectivity index (χ2n) is 6.74. The molecule has 7 heteroatoms. The summed E-state index contributed by atoms with van der Waals surface area (Å²) in [5, 5.41) is 10.7. The molecule has 0 saturated heterocycles. The van der Waals surface area contributed by atoms with E-state index in [1.54, 1.807) is 17.4 Å². The van der Waals surface area contributed by atoms with Crippen molar-refractivity contribution in [2.24, 2.45) is 5.10 Å². The van der Waals surface area contributed by atoms with Gasteiger partial charge < -0.3 is 0 Å². The van der Waals surface area contributed by atoms with Gasteiger partial charge in [0.2, 0.25) is 0 Å². The molecule has 0 bridgehead atoms. The summed E-state index contributed by atoms with van der Waals surface area (Å²) in [6.45, 7) is 0. The molecule has 3 heterocycles. The van der Waals surface area contributed by atoms with Crippen LogP contribution in [0.2, 0.25) is 5.02 Å². The normalized spacial score (nSPS) is 16.2. The van der Waals surface area contributed by atoms with Gasteiger partial charge in [0.1, 0.15) is 0 Å². The second kappa shape index (κ2) is 7.39. The average Bonchev–Trinajstić information content (AvgIpc) is 3.44. The lowest BCUT2D eigenvalue weighted by Gasteiger charge is -2.21. The van der Waals surface area contributed by atoms with E-state index in [9.17, 15) is 4.79 Å². The van der Waals surface area contributed by atoms with Gasteiger partial charge in [0.05, 0.1) is 28.4 Å². The van der Waals surface area contributed by atoms with Gasteiger partial charge in [0, 0.05) is 29.2 Å². The van der Waals surface area contributed by atoms with Crippen LogP contribution in [0.4, 0.5) is 0 Å². The molecule has 2 aromatic carbocycles. The summed E-state index contributed by atoms with van der Waals surface area (Å²) in [7, 11) is 0. The van der Waals surface area contributed by atoms with Crippen molar-refractivity contribution < 1.29 is 4.79 Å². The van der Waals surface area contributed by atoms with Crippen molar-refractivity contribution in [3.05, 3.63) is 93.4 Å². The first-order valence-corrected chi connectivity index (χ1v) is 10.4. The largest absolute Gasteiger partial charge is 0.275 e. The van der Waals surface area contributed by atoms with Crippen LogP contribution in [-0.2, 0) is 0 Å². The highest BCUT2D eigenvalue weighted by atomic mass is 35.5. The molecule has 0 fully saturated rings. The van der Waals surface area contributed by atoms with E-state index >= 15 is 0 Å². The fourth-order valence-corrected chi connectivity index (χ4v) is 4.24. The zero-order valence-corrected chi connectivity index (χ0v) is 16.8. The Hall–Kier alpha value is -3.09. The summed E-state index contributed by atoms with van der Waals surface area (Å²) < 4.78 is 0. The molecule has 0 radical (unpaired) electrons. The van der Waals surface area contributed by atoms with Crippen LogP contribution >= 0.6 is 22.9 Å². The van der Waals surface area contributed by atoms with Gasteiger partial charge >= 0.3 is 0 Å². The number of carbonyl (C=O) groups is 1. The molecule has 1 aliphatic rings. The molecule has 5 nitrogen and oxygen atoms in total. The van der Waals surface area contributed by atoms with Crippen LogP contribution in [0.1, 0.15) is 33.9 Å². The number of benzene rings is 2. The molecule has 142 valence electrons. The summed E-state index contributed by atoms with van der Waals surface area (Å²) in [5.41, 5.74) is 5.06. The van der Waals surface area contributed by atoms with Gasteiger partial charge in [-0.15, -0.1) is 0 Å². The Morgan fingerprint density at radius 2 is 1.83 bits per heavy atom. The number of fused-ring (bicyclic) bond motifs is 1. The van der Waals surface area contributed by atoms with E-state index in [-0.39, 0.29) is 11.9 Å². The van der Waals surface area contributed by atoms with E-state index in [0.29, 0.717) is 17.0 Å². The van der Waals surface area contributed by atoms with E-state index in [1.165, 1.54) is 11.3 Å². The summed E-state index contributed by atoms with van der Waals surface area (Å²) >= 11 is 7.52. The maximum atomic E-state index is 13.2. The Balaban J connectivity index is 1.56. The molecule has 0 N–H and O–H groups in total. The Kier molecular flexibility index (Phi) is 4.58. The summed E-state index contributed by atoms with van der Waals surface area (Å²) in [4.78, 5) is 21.9. The molecule has 0 aliphatic carbocycles. The topological polar surface area (TPSA) is 58.5 Å². The third-order valence-electron chi connectivity index (χ3n) is 4.94. The third-order valence-corrected chi connectivity index (χ3v) is 5.88. The standard InChI is InChI=1S/C22H15ClN4OS/c23-17-4-1-14(2-5-17)19-12-21(27(26-19)22(28)16-7-10-29-13-16)15-3-6-18-20(11-15)25-9-8-24-18/h1-11,13,21H,12H2/t21-/m1/s1. The van der Waals surface area contributed by atoms with E-state index in [2.05, 4.69) is 9.97 Å². The Labute approximate surface area is 176 Å². The molecule has 0 saturated carbocycles. The Morgan fingerprint density at radius 3 is 2.59 bits per heavy atom. The number of hydrogen-bond donors (Lipinski definition) is 0. The number of rotatable bonds is 3. The van der Waals surface area contributed by atoms with Gasteiger partial charge in [-0.25, -0.2) is 5.01 Å². The molecule has 0 unspecified atom stereocenters. The lowest BCUT2D eigenvalue weighted by molar-refractivity contribution is 0.0712. The molecule has 5 rings (SSSR count). The molecular weight excluding hydrogens is 404 g/mol. The van der Waals surface area contributed by atoms with Gasteiger partial charge in [-0.05, 0) is 46.8 Å². The average molecular weight is 419 g/mol. The number of hydrogen-bond acceptors (Lipinski definition) is 5. The molecule has 1 amide bonds. The maximum Gasteiger partial charge on any atom is 0.275 e. The fraction of sp³-hybridized carbons (Fsp3) is 0.0909. The first-order chi connectivity index (χ1) is 14.2. The number of aromatic nitrogens is 2. The highest BCUT2D eigenvalue weighted by molar-refractivity contribution is 7.08. The van der Waals surface area contributed by atoms with Crippen molar-refractivity contribution in [2.45, 2.75) is 12.5 Å². The van der Waals surface area contributed by atoms with Gasteiger partial charge in [-0.3, -0.25) is 14.8 Å². The monoisotopic (exact) mass is 418 g/mol. The molecule has 29 heavy (non-hydrogen) atoms. The van der Waals surface area contributed by atoms with Crippen molar-refractivity contribution in [1.29, 1.82) is 0 Å². The van der Waals surface area contributed by atoms with Crippen LogP contribution in [0, 0.1) is 0 Å². The van der Waals surface area contributed by atoms with Gasteiger partial charge in [0.15, 0.2) is 0 Å². The minimum Gasteiger partial charge on any atom is -0.267 e. The van der Waals surface area contributed by atoms with Crippen LogP contribution in [0.25, 0.3) is 11.0 Å². The zero-order valence-electron chi connectivity index (χ0n) is 15.2. The van der Waals surface area contributed by atoms with Crippen molar-refractivity contribution in [2.75, 3.05) is 0 Å². The highest BCUT2D eigenvalue weighted by Gasteiger charge is 2.34. The molecule has 1 atom stereocenters. The van der Waals surface area contributed by atoms with Gasteiger partial charge in [0.25, 0.3) is 5.91 Å². The highest BCUT2D eigenvalue weighted by Crippen LogP contribution is 2.35. The molecule has 4 aromatic rings. The Morgan fingerprint density at radius 1 is 1.03 bits per heavy atom. The Bertz CT molecular complexity index is 1220. The minimum atomic E-state index is -0.209. The number of halogens is 1. The number of carbonyl (C=O) groups excluding carboxylic acids is 1. The number of hydrazone groups is 1. The van der Waals surface area contributed by atoms with E-state index in [1.807, 2.05) is 59.3 Å². The molecule has 1 aliphatic heterocycles. The first kappa shape index (κ1) is 18.0. The first-order valence-electron chi connectivity index (χ1n) is 9.09. The van der Waals surface area contributed by atoms with Crippen molar-refractivity contribution in [1.82, 2.24) is 15.0 Å². The number of nitrogens with zero attached hydrogens (tertiary/aromatic N) is 4. The molecular formula is C22H15ClN4OS. The van der Waals surface area contributed by atoms with Crippen LogP contribution in [0.15, 0.2) is 76.8 Å². The van der Waals surface area contributed by atoms with Crippen molar-refractivity contribution in [3.8, 4) is 0 Å². The maximum absolute atomic E-state index is 13.2. The molecule has 0 spiro atoms. The van der Waals surface area contributed by atoms with E-state index in [4.69, 9.17) is 16.7 Å². The van der Waals surface area contributed by atoms with Crippen molar-refractivity contribution in [3.63, 3.8) is 0 Å². The lowest BCUT2D eigenvalue weighted by Crippen LogP contribution is -2.26. The predicted molar refractivity (Wildman–Crippen MR) is 115 cm³/mol. The second-order valence-corrected chi connectivity index (χ2v) is 7.96. The quantitative estimate of drug-likeness (QED) is 0.451. The van der Waals surface area contributed by atoms with Crippen LogP contribution in [-0.4, -0.2) is 26.6 Å². The van der Waals surface area contributed by atoms with Gasteiger partial charge in [-0.2, -0.15) is 16.4 Å². The van der Waals surface area contributed by atoms with Gasteiger partial charge in [-0.1, -0.05) is 29.8 Å². The van der Waals surface area contributed by atoms with Crippen LogP contribution < -0.4 is 0 Å². The number of amides is 1. The van der Waals surface area contributed by atoms with E-state index in [0.717, 1.165) is 27.9 Å². The zero-order chi connectivity index (χ0) is 19.8. The summed E-state index contributed by atoms with van der Waals surface area (Å²) in [6, 6.07) is 15.1. The molecule has 2 aromatic heterocycles. The van der Waals surface area contributed by atoms with Crippen LogP contribution in [0.5, 0.6) is 0 Å². The minimum absolute atomic E-state index is 0.112. The van der Waals surface area contributed by atoms with Crippen LogP contribution in [0.3, 0.4) is 0 Å². The number of thiophene rings is 1. The lowest BCUT2D eigenvalue weighted by atomic mass is 9.98. The fourth-order valence-electron chi connectivity index (χ4n) is 3.48. The van der Waals surface area contributed by atoms with E-state index < -0.39 is 0 Å². The predicted octanol–water partition coefficient (Wildman–Crippen LogP) is 5.34. The summed E-state index contributed by atoms with van der Waals surface area (Å²) in [5.74, 6) is -0.112. The van der Waals surface area contributed by atoms with Crippen molar-refractivity contribution >= 4 is 45.6 Å².